The monoisotopic (exact) mass is 485 g/mol. The van der Waals surface area contributed by atoms with Gasteiger partial charge in [-0.2, -0.15) is 18.2 Å². The summed E-state index contributed by atoms with van der Waals surface area (Å²) in [6.07, 6.45) is -4.72. The quantitative estimate of drug-likeness (QED) is 0.243. The van der Waals surface area contributed by atoms with Crippen LogP contribution in [0.25, 0.3) is 34.0 Å². The first-order valence-corrected chi connectivity index (χ1v) is 10.5. The van der Waals surface area contributed by atoms with Gasteiger partial charge in [0.25, 0.3) is 5.89 Å². The summed E-state index contributed by atoms with van der Waals surface area (Å²) in [6, 6.07) is 15.7. The Hall–Kier alpha value is -4.05. The molecule has 0 saturated carbocycles. The highest BCUT2D eigenvalue weighted by Crippen LogP contribution is 2.40. The molecule has 4 rings (SSSR count). The van der Waals surface area contributed by atoms with Gasteiger partial charge in [-0.25, -0.2) is 4.39 Å². The lowest BCUT2D eigenvalue weighted by atomic mass is 9.96. The molecule has 35 heavy (non-hydrogen) atoms. The van der Waals surface area contributed by atoms with Gasteiger partial charge in [-0.15, -0.1) is 0 Å². The van der Waals surface area contributed by atoms with E-state index >= 15 is 0 Å². The first-order chi connectivity index (χ1) is 16.7. The molecule has 0 aliphatic heterocycles. The molecule has 0 saturated heterocycles. The van der Waals surface area contributed by atoms with Gasteiger partial charge in [-0.1, -0.05) is 53.7 Å². The smallest absolute Gasteiger partial charge is 0.417 e. The lowest BCUT2D eigenvalue weighted by Crippen LogP contribution is -2.17. The van der Waals surface area contributed by atoms with Crippen LogP contribution in [0.3, 0.4) is 0 Å². The fourth-order valence-corrected chi connectivity index (χ4v) is 3.48. The van der Waals surface area contributed by atoms with E-state index in [-0.39, 0.29) is 34.8 Å². The molecular weight excluding hydrogens is 466 g/mol. The Morgan fingerprint density at radius 1 is 0.971 bits per heavy atom. The number of aliphatic carboxylic acids is 1. The fourth-order valence-electron chi connectivity index (χ4n) is 3.48. The second-order valence-corrected chi connectivity index (χ2v) is 7.68. The van der Waals surface area contributed by atoms with Crippen LogP contribution in [0.2, 0.25) is 0 Å². The summed E-state index contributed by atoms with van der Waals surface area (Å²) in [5.41, 5.74) is 0.0894. The first kappa shape index (κ1) is 24.1. The van der Waals surface area contributed by atoms with Crippen LogP contribution >= 0.6 is 0 Å². The number of alkyl halides is 3. The van der Waals surface area contributed by atoms with E-state index in [0.717, 1.165) is 17.7 Å². The Bertz CT molecular complexity index is 1330. The molecule has 0 unspecified atom stereocenters. The van der Waals surface area contributed by atoms with Gasteiger partial charge in [0.05, 0.1) is 12.0 Å². The average molecular weight is 485 g/mol. The Labute approximate surface area is 197 Å². The highest BCUT2D eigenvalue weighted by atomic mass is 19.4. The summed E-state index contributed by atoms with van der Waals surface area (Å²) in [6.45, 7) is 0.806. The first-order valence-electron chi connectivity index (χ1n) is 10.5. The summed E-state index contributed by atoms with van der Waals surface area (Å²) in [5, 5.41) is 15.5. The summed E-state index contributed by atoms with van der Waals surface area (Å²) in [5.74, 6) is -1.56. The molecule has 0 fully saturated rings. The van der Waals surface area contributed by atoms with Crippen LogP contribution in [-0.2, 0) is 17.5 Å². The Kier molecular flexibility index (Phi) is 6.92. The number of carboxylic acids is 1. The molecule has 1 aromatic heterocycles. The van der Waals surface area contributed by atoms with E-state index in [2.05, 4.69) is 15.5 Å². The third-order valence-corrected chi connectivity index (χ3v) is 5.22. The summed E-state index contributed by atoms with van der Waals surface area (Å²) >= 11 is 0. The van der Waals surface area contributed by atoms with E-state index in [9.17, 15) is 22.4 Å². The van der Waals surface area contributed by atoms with Crippen LogP contribution in [0.1, 0.15) is 17.5 Å². The second-order valence-electron chi connectivity index (χ2n) is 7.68. The van der Waals surface area contributed by atoms with Crippen LogP contribution in [0.4, 0.5) is 17.6 Å². The molecule has 10 heteroatoms. The number of carboxylic acid groups (broad SMARTS) is 1. The number of hydrogen-bond acceptors (Lipinski definition) is 5. The van der Waals surface area contributed by atoms with E-state index in [1.165, 1.54) is 30.3 Å². The molecule has 4 aromatic rings. The predicted octanol–water partition coefficient (Wildman–Crippen LogP) is 5.79. The van der Waals surface area contributed by atoms with Crippen molar-refractivity contribution in [1.29, 1.82) is 0 Å². The maximum absolute atomic E-state index is 14.2. The van der Waals surface area contributed by atoms with Crippen LogP contribution in [0.5, 0.6) is 0 Å². The van der Waals surface area contributed by atoms with Crippen molar-refractivity contribution in [2.75, 3.05) is 6.54 Å². The Morgan fingerprint density at radius 3 is 2.37 bits per heavy atom. The molecular formula is C25H19F4N3O3. The van der Waals surface area contributed by atoms with Gasteiger partial charge in [0.1, 0.15) is 5.82 Å². The Balaban J connectivity index is 1.56. The molecule has 1 heterocycles. The lowest BCUT2D eigenvalue weighted by Gasteiger charge is -2.14. The number of benzene rings is 3. The number of carbonyl (C=O) groups is 1. The van der Waals surface area contributed by atoms with Crippen molar-refractivity contribution in [3.05, 3.63) is 83.7 Å². The van der Waals surface area contributed by atoms with E-state index in [0.29, 0.717) is 18.7 Å². The molecule has 2 N–H and O–H groups in total. The largest absolute Gasteiger partial charge is 0.481 e. The summed E-state index contributed by atoms with van der Waals surface area (Å²) in [7, 11) is 0. The van der Waals surface area contributed by atoms with E-state index in [1.54, 1.807) is 24.3 Å². The third-order valence-electron chi connectivity index (χ3n) is 5.22. The number of rotatable bonds is 8. The summed E-state index contributed by atoms with van der Waals surface area (Å²) < 4.78 is 60.8. The SMILES string of the molecule is O=C(O)CCNCc1ccc(-c2noc(-c3ccc(-c4ccccc4F)c(C(F)(F)F)c3)n2)cc1. The Morgan fingerprint density at radius 2 is 1.69 bits per heavy atom. The summed E-state index contributed by atoms with van der Waals surface area (Å²) in [4.78, 5) is 14.8. The molecule has 0 amide bonds. The van der Waals surface area contributed by atoms with Crippen molar-refractivity contribution in [2.24, 2.45) is 0 Å². The molecule has 0 atom stereocenters. The number of nitrogens with one attached hydrogen (secondary N) is 1. The minimum atomic E-state index is -4.73. The van der Waals surface area contributed by atoms with Crippen molar-refractivity contribution in [3.63, 3.8) is 0 Å². The number of hydrogen-bond donors (Lipinski definition) is 2. The maximum Gasteiger partial charge on any atom is 0.417 e. The van der Waals surface area contributed by atoms with Gasteiger partial charge in [0, 0.05) is 29.8 Å². The van der Waals surface area contributed by atoms with E-state index in [1.807, 2.05) is 0 Å². The molecule has 180 valence electrons. The highest BCUT2D eigenvalue weighted by Gasteiger charge is 2.35. The lowest BCUT2D eigenvalue weighted by molar-refractivity contribution is -0.137. The zero-order valence-corrected chi connectivity index (χ0v) is 18.1. The van der Waals surface area contributed by atoms with Crippen molar-refractivity contribution in [2.45, 2.75) is 19.1 Å². The van der Waals surface area contributed by atoms with Crippen LogP contribution in [-0.4, -0.2) is 27.8 Å². The molecule has 0 aliphatic carbocycles. The molecule has 0 bridgehead atoms. The van der Waals surface area contributed by atoms with Gasteiger partial charge in [-0.05, 0) is 29.3 Å². The zero-order chi connectivity index (χ0) is 25.0. The molecule has 6 nitrogen and oxygen atoms in total. The predicted molar refractivity (Wildman–Crippen MR) is 120 cm³/mol. The van der Waals surface area contributed by atoms with E-state index < -0.39 is 23.5 Å². The standard InChI is InChI=1S/C25H19F4N3O3/c26-21-4-2-1-3-19(21)18-10-9-17(13-20(18)25(27,28)29)24-31-23(32-35-24)16-7-5-15(6-8-16)14-30-12-11-22(33)34/h1-10,13,30H,11-12,14H2,(H,33,34). The van der Waals surface area contributed by atoms with Gasteiger partial charge < -0.3 is 14.9 Å². The molecule has 0 radical (unpaired) electrons. The van der Waals surface area contributed by atoms with Crippen molar-refractivity contribution < 1.29 is 32.0 Å². The minimum Gasteiger partial charge on any atom is -0.481 e. The van der Waals surface area contributed by atoms with Crippen LogP contribution in [0.15, 0.2) is 71.3 Å². The minimum absolute atomic E-state index is 0.0149. The van der Waals surface area contributed by atoms with Crippen molar-refractivity contribution in [3.8, 4) is 34.0 Å². The van der Waals surface area contributed by atoms with Gasteiger partial charge in [-0.3, -0.25) is 4.79 Å². The van der Waals surface area contributed by atoms with Crippen LogP contribution in [0, 0.1) is 5.82 Å². The van der Waals surface area contributed by atoms with Gasteiger partial charge >= 0.3 is 12.1 Å². The molecule has 0 spiro atoms. The average Bonchev–Trinajstić information content (AvgIpc) is 3.32. The van der Waals surface area contributed by atoms with Gasteiger partial charge in [0.2, 0.25) is 5.82 Å². The van der Waals surface area contributed by atoms with Crippen LogP contribution < -0.4 is 5.32 Å². The van der Waals surface area contributed by atoms with E-state index in [4.69, 9.17) is 9.63 Å². The molecule has 3 aromatic carbocycles. The number of halogens is 4. The molecule has 0 aliphatic rings. The maximum atomic E-state index is 14.2. The highest BCUT2D eigenvalue weighted by molar-refractivity contribution is 5.73. The number of aromatic nitrogens is 2. The third kappa shape index (κ3) is 5.72. The van der Waals surface area contributed by atoms with Crippen molar-refractivity contribution >= 4 is 5.97 Å². The fraction of sp³-hybridized carbons (Fsp3) is 0.160. The number of nitrogens with zero attached hydrogens (tertiary/aromatic N) is 2. The van der Waals surface area contributed by atoms with Crippen molar-refractivity contribution in [1.82, 2.24) is 15.5 Å². The zero-order valence-electron chi connectivity index (χ0n) is 18.1. The van der Waals surface area contributed by atoms with Gasteiger partial charge in [0.15, 0.2) is 0 Å². The normalized spacial score (nSPS) is 11.5. The second kappa shape index (κ2) is 10.1. The topological polar surface area (TPSA) is 88.2 Å².